The van der Waals surface area contributed by atoms with Crippen LogP contribution in [0.1, 0.15) is 12.8 Å². The van der Waals surface area contributed by atoms with Gasteiger partial charge in [0.05, 0.1) is 17.6 Å². The van der Waals surface area contributed by atoms with Crippen LogP contribution in [0.15, 0.2) is 18.5 Å². The van der Waals surface area contributed by atoms with Crippen LogP contribution in [-0.4, -0.2) is 48.4 Å². The number of piperidine rings is 1. The smallest absolute Gasteiger partial charge is 0.109 e. The summed E-state index contributed by atoms with van der Waals surface area (Å²) < 4.78 is 0. The summed E-state index contributed by atoms with van der Waals surface area (Å²) in [6.07, 6.45) is 5.09. The number of aliphatic hydroxyl groups excluding tert-OH is 1. The maximum Gasteiger partial charge on any atom is 0.109 e. The average molecular weight is 250 g/mol. The van der Waals surface area contributed by atoms with Crippen molar-refractivity contribution in [2.75, 3.05) is 37.8 Å². The highest BCUT2D eigenvalue weighted by Crippen LogP contribution is 2.28. The van der Waals surface area contributed by atoms with Crippen LogP contribution in [0.25, 0.3) is 0 Å². The van der Waals surface area contributed by atoms with Gasteiger partial charge in [-0.15, -0.1) is 0 Å². The Morgan fingerprint density at radius 1 is 1.44 bits per heavy atom. The molecule has 1 fully saturated rings. The lowest BCUT2D eigenvalue weighted by Gasteiger charge is -2.37. The topological polar surface area (TPSA) is 65.6 Å². The van der Waals surface area contributed by atoms with Crippen LogP contribution in [-0.2, 0) is 0 Å². The molecular weight excluding hydrogens is 228 g/mol. The van der Waals surface area contributed by atoms with Crippen LogP contribution in [0.5, 0.6) is 0 Å². The van der Waals surface area contributed by atoms with E-state index in [-0.39, 0.29) is 6.23 Å². The molecule has 100 valence electrons. The standard InChI is InChI=1S/C13H22N4O/c1-16(2)13(18)10-4-7-17(8-5-10)12-3-6-15-9-11(12)14/h3,6,9-10,13,18H,4-5,7-8,14H2,1-2H3. The van der Waals surface area contributed by atoms with Crippen molar-refractivity contribution in [2.24, 2.45) is 5.92 Å². The molecule has 1 aromatic rings. The molecule has 2 rings (SSSR count). The lowest BCUT2D eigenvalue weighted by Crippen LogP contribution is -2.43. The van der Waals surface area contributed by atoms with Gasteiger partial charge >= 0.3 is 0 Å². The van der Waals surface area contributed by atoms with Gasteiger partial charge in [0, 0.05) is 25.2 Å². The number of nitrogens with zero attached hydrogens (tertiary/aromatic N) is 3. The van der Waals surface area contributed by atoms with Gasteiger partial charge in [-0.3, -0.25) is 9.88 Å². The third-order valence-electron chi connectivity index (χ3n) is 3.66. The van der Waals surface area contributed by atoms with E-state index in [1.807, 2.05) is 25.1 Å². The van der Waals surface area contributed by atoms with E-state index in [0.29, 0.717) is 5.92 Å². The van der Waals surface area contributed by atoms with Crippen LogP contribution < -0.4 is 10.6 Å². The van der Waals surface area contributed by atoms with Crippen molar-refractivity contribution >= 4 is 11.4 Å². The molecule has 2 heterocycles. The van der Waals surface area contributed by atoms with Gasteiger partial charge in [0.1, 0.15) is 6.23 Å². The second-order valence-corrected chi connectivity index (χ2v) is 5.14. The van der Waals surface area contributed by atoms with E-state index in [9.17, 15) is 5.11 Å². The number of nitrogens with two attached hydrogens (primary N) is 1. The molecule has 0 spiro atoms. The Morgan fingerprint density at radius 3 is 2.67 bits per heavy atom. The number of anilines is 2. The summed E-state index contributed by atoms with van der Waals surface area (Å²) >= 11 is 0. The molecule has 1 saturated heterocycles. The lowest BCUT2D eigenvalue weighted by atomic mass is 9.94. The van der Waals surface area contributed by atoms with Gasteiger partial charge in [0.2, 0.25) is 0 Å². The lowest BCUT2D eigenvalue weighted by molar-refractivity contribution is -0.0181. The third-order valence-corrected chi connectivity index (χ3v) is 3.66. The summed E-state index contributed by atoms with van der Waals surface area (Å²) in [6, 6.07) is 1.96. The van der Waals surface area contributed by atoms with Gasteiger partial charge in [-0.2, -0.15) is 0 Å². The fourth-order valence-corrected chi connectivity index (χ4v) is 2.55. The van der Waals surface area contributed by atoms with Gasteiger partial charge in [-0.05, 0) is 33.0 Å². The zero-order valence-electron chi connectivity index (χ0n) is 11.1. The Balaban J connectivity index is 1.97. The average Bonchev–Trinajstić information content (AvgIpc) is 2.38. The number of nitrogen functional groups attached to an aromatic ring is 1. The maximum atomic E-state index is 10.0. The van der Waals surface area contributed by atoms with Gasteiger partial charge < -0.3 is 15.7 Å². The molecule has 1 atom stereocenters. The summed E-state index contributed by atoms with van der Waals surface area (Å²) in [7, 11) is 3.83. The highest BCUT2D eigenvalue weighted by atomic mass is 16.3. The highest BCUT2D eigenvalue weighted by Gasteiger charge is 2.26. The van der Waals surface area contributed by atoms with Crippen LogP contribution in [0, 0.1) is 5.92 Å². The monoisotopic (exact) mass is 250 g/mol. The summed E-state index contributed by atoms with van der Waals surface area (Å²) in [5.41, 5.74) is 7.72. The molecule has 0 bridgehead atoms. The first kappa shape index (κ1) is 13.1. The Kier molecular flexibility index (Phi) is 4.04. The summed E-state index contributed by atoms with van der Waals surface area (Å²) in [4.78, 5) is 8.16. The maximum absolute atomic E-state index is 10.0. The molecule has 5 heteroatoms. The molecule has 1 aromatic heterocycles. The molecule has 5 nitrogen and oxygen atoms in total. The van der Waals surface area contributed by atoms with E-state index >= 15 is 0 Å². The molecular formula is C13H22N4O. The second-order valence-electron chi connectivity index (χ2n) is 5.14. The normalized spacial score (nSPS) is 19.2. The minimum Gasteiger partial charge on any atom is -0.396 e. The highest BCUT2D eigenvalue weighted by molar-refractivity contribution is 5.66. The van der Waals surface area contributed by atoms with Crippen molar-refractivity contribution < 1.29 is 5.11 Å². The van der Waals surface area contributed by atoms with Crippen molar-refractivity contribution in [1.29, 1.82) is 0 Å². The minimum atomic E-state index is -0.345. The van der Waals surface area contributed by atoms with E-state index in [1.54, 1.807) is 12.4 Å². The first-order valence-electron chi connectivity index (χ1n) is 6.38. The summed E-state index contributed by atoms with van der Waals surface area (Å²) in [6.45, 7) is 1.87. The molecule has 0 saturated carbocycles. The molecule has 0 aliphatic carbocycles. The first-order chi connectivity index (χ1) is 8.59. The molecule has 3 N–H and O–H groups in total. The molecule has 0 amide bonds. The number of rotatable bonds is 3. The number of aromatic nitrogens is 1. The fraction of sp³-hybridized carbons (Fsp3) is 0.615. The Bertz CT molecular complexity index is 388. The van der Waals surface area contributed by atoms with Crippen LogP contribution in [0.3, 0.4) is 0 Å². The minimum absolute atomic E-state index is 0.345. The number of pyridine rings is 1. The molecule has 0 radical (unpaired) electrons. The Hall–Kier alpha value is -1.33. The molecule has 1 aliphatic rings. The van der Waals surface area contributed by atoms with E-state index in [2.05, 4.69) is 9.88 Å². The number of hydrogen-bond donors (Lipinski definition) is 2. The number of aliphatic hydroxyl groups is 1. The molecule has 18 heavy (non-hydrogen) atoms. The number of hydrogen-bond acceptors (Lipinski definition) is 5. The SMILES string of the molecule is CN(C)C(O)C1CCN(c2ccncc2N)CC1. The predicted molar refractivity (Wildman–Crippen MR) is 73.3 cm³/mol. The van der Waals surface area contributed by atoms with Crippen LogP contribution in [0.2, 0.25) is 0 Å². The van der Waals surface area contributed by atoms with Crippen LogP contribution >= 0.6 is 0 Å². The van der Waals surface area contributed by atoms with Crippen molar-refractivity contribution in [3.8, 4) is 0 Å². The van der Waals surface area contributed by atoms with Gasteiger partial charge in [0.15, 0.2) is 0 Å². The Labute approximate surface area is 108 Å². The third kappa shape index (κ3) is 2.73. The van der Waals surface area contributed by atoms with Crippen LogP contribution in [0.4, 0.5) is 11.4 Å². The molecule has 1 aliphatic heterocycles. The van der Waals surface area contributed by atoms with Gasteiger partial charge in [0.25, 0.3) is 0 Å². The van der Waals surface area contributed by atoms with Crippen molar-refractivity contribution in [3.63, 3.8) is 0 Å². The van der Waals surface area contributed by atoms with Gasteiger partial charge in [-0.25, -0.2) is 0 Å². The first-order valence-corrected chi connectivity index (χ1v) is 6.38. The quantitative estimate of drug-likeness (QED) is 0.775. The summed E-state index contributed by atoms with van der Waals surface area (Å²) in [5.74, 6) is 0.347. The van der Waals surface area contributed by atoms with Crippen molar-refractivity contribution in [2.45, 2.75) is 19.1 Å². The summed E-state index contributed by atoms with van der Waals surface area (Å²) in [5, 5.41) is 10.0. The largest absolute Gasteiger partial charge is 0.396 e. The van der Waals surface area contributed by atoms with Gasteiger partial charge in [-0.1, -0.05) is 0 Å². The second kappa shape index (κ2) is 5.54. The zero-order chi connectivity index (χ0) is 13.1. The fourth-order valence-electron chi connectivity index (χ4n) is 2.55. The van der Waals surface area contributed by atoms with E-state index in [4.69, 9.17) is 5.73 Å². The van der Waals surface area contributed by atoms with Crippen molar-refractivity contribution in [1.82, 2.24) is 9.88 Å². The van der Waals surface area contributed by atoms with E-state index < -0.39 is 0 Å². The predicted octanol–water partition coefficient (Wildman–Crippen LogP) is 0.760. The van der Waals surface area contributed by atoms with Crippen molar-refractivity contribution in [3.05, 3.63) is 18.5 Å². The zero-order valence-corrected chi connectivity index (χ0v) is 11.1. The molecule has 1 unspecified atom stereocenters. The van der Waals surface area contributed by atoms with E-state index in [0.717, 1.165) is 37.3 Å². The molecule has 0 aromatic carbocycles. The van der Waals surface area contributed by atoms with E-state index in [1.165, 1.54) is 0 Å². The Morgan fingerprint density at radius 2 is 2.11 bits per heavy atom.